The topological polar surface area (TPSA) is 24.1 Å². The minimum absolute atomic E-state index is 0.271. The quantitative estimate of drug-likeness (QED) is 0.675. The van der Waals surface area contributed by atoms with Crippen molar-refractivity contribution in [2.75, 3.05) is 12.4 Å². The Bertz CT molecular complexity index is 325. The molecule has 0 saturated heterocycles. The minimum Gasteiger partial charge on any atom is -0.366 e. The van der Waals surface area contributed by atoms with Crippen LogP contribution in [-0.4, -0.2) is 12.2 Å². The molecule has 4 heteroatoms. The third kappa shape index (κ3) is 2.66. The molecule has 1 rings (SSSR count). The van der Waals surface area contributed by atoms with Crippen LogP contribution in [0, 0.1) is 12.7 Å². The first-order valence-electron chi connectivity index (χ1n) is 3.88. The van der Waals surface area contributed by atoms with Gasteiger partial charge in [0.15, 0.2) is 5.11 Å². The zero-order chi connectivity index (χ0) is 9.84. The number of nitrogens with one attached hydrogen (secondary N) is 2. The first-order valence-corrected chi connectivity index (χ1v) is 4.29. The van der Waals surface area contributed by atoms with Gasteiger partial charge in [0.1, 0.15) is 5.82 Å². The fourth-order valence-electron chi connectivity index (χ4n) is 0.914. The van der Waals surface area contributed by atoms with Crippen LogP contribution >= 0.6 is 12.2 Å². The summed E-state index contributed by atoms with van der Waals surface area (Å²) in [4.78, 5) is 0. The fourth-order valence-corrected chi connectivity index (χ4v) is 1.02. The van der Waals surface area contributed by atoms with Crippen molar-refractivity contribution in [2.24, 2.45) is 0 Å². The van der Waals surface area contributed by atoms with Gasteiger partial charge < -0.3 is 10.6 Å². The zero-order valence-electron chi connectivity index (χ0n) is 7.52. The van der Waals surface area contributed by atoms with Gasteiger partial charge in [-0.25, -0.2) is 4.39 Å². The van der Waals surface area contributed by atoms with Crippen molar-refractivity contribution in [1.29, 1.82) is 0 Å². The normalized spacial score (nSPS) is 9.46. The van der Waals surface area contributed by atoms with E-state index in [0.29, 0.717) is 10.8 Å². The molecule has 0 amide bonds. The van der Waals surface area contributed by atoms with E-state index < -0.39 is 0 Å². The SMILES string of the molecule is CNC(=S)Nc1cc(F)ccc1C. The molecular weight excluding hydrogens is 187 g/mol. The van der Waals surface area contributed by atoms with Gasteiger partial charge in [-0.2, -0.15) is 0 Å². The monoisotopic (exact) mass is 198 g/mol. The molecule has 0 fully saturated rings. The Morgan fingerprint density at radius 3 is 2.77 bits per heavy atom. The number of thiocarbonyl (C=S) groups is 1. The summed E-state index contributed by atoms with van der Waals surface area (Å²) < 4.78 is 12.8. The lowest BCUT2D eigenvalue weighted by molar-refractivity contribution is 0.628. The van der Waals surface area contributed by atoms with Gasteiger partial charge >= 0.3 is 0 Å². The van der Waals surface area contributed by atoms with E-state index >= 15 is 0 Å². The second kappa shape index (κ2) is 4.18. The molecule has 2 nitrogen and oxygen atoms in total. The lowest BCUT2D eigenvalue weighted by atomic mass is 10.2. The molecule has 0 bridgehead atoms. The highest BCUT2D eigenvalue weighted by Crippen LogP contribution is 2.15. The fraction of sp³-hybridized carbons (Fsp3) is 0.222. The zero-order valence-corrected chi connectivity index (χ0v) is 8.33. The Hall–Kier alpha value is -1.16. The van der Waals surface area contributed by atoms with Gasteiger partial charge in [0, 0.05) is 12.7 Å². The maximum Gasteiger partial charge on any atom is 0.170 e. The van der Waals surface area contributed by atoms with Crippen LogP contribution in [0.4, 0.5) is 10.1 Å². The summed E-state index contributed by atoms with van der Waals surface area (Å²) in [5.41, 5.74) is 1.65. The van der Waals surface area contributed by atoms with E-state index in [0.717, 1.165) is 5.56 Å². The van der Waals surface area contributed by atoms with E-state index in [1.54, 1.807) is 13.1 Å². The second-order valence-corrected chi connectivity index (χ2v) is 3.07. The van der Waals surface area contributed by atoms with Crippen molar-refractivity contribution < 1.29 is 4.39 Å². The smallest absolute Gasteiger partial charge is 0.170 e. The van der Waals surface area contributed by atoms with Crippen LogP contribution in [0.25, 0.3) is 0 Å². The number of rotatable bonds is 1. The first kappa shape index (κ1) is 9.92. The van der Waals surface area contributed by atoms with Crippen LogP contribution < -0.4 is 10.6 Å². The highest BCUT2D eigenvalue weighted by Gasteiger charge is 2.00. The van der Waals surface area contributed by atoms with Gasteiger partial charge in [0.2, 0.25) is 0 Å². The van der Waals surface area contributed by atoms with E-state index in [1.807, 2.05) is 6.92 Å². The highest BCUT2D eigenvalue weighted by molar-refractivity contribution is 7.80. The third-order valence-electron chi connectivity index (χ3n) is 1.67. The Labute approximate surface area is 82.2 Å². The maximum atomic E-state index is 12.8. The van der Waals surface area contributed by atoms with Gasteiger partial charge in [-0.15, -0.1) is 0 Å². The molecule has 0 heterocycles. The van der Waals surface area contributed by atoms with E-state index in [-0.39, 0.29) is 5.82 Å². The van der Waals surface area contributed by atoms with Crippen LogP contribution in [0.1, 0.15) is 5.56 Å². The molecule has 0 aliphatic heterocycles. The lowest BCUT2D eigenvalue weighted by Gasteiger charge is -2.09. The van der Waals surface area contributed by atoms with Crippen LogP contribution in [0.5, 0.6) is 0 Å². The Kier molecular flexibility index (Phi) is 3.19. The summed E-state index contributed by atoms with van der Waals surface area (Å²) in [5.74, 6) is -0.271. The van der Waals surface area contributed by atoms with Crippen molar-refractivity contribution in [3.63, 3.8) is 0 Å². The summed E-state index contributed by atoms with van der Waals surface area (Å²) >= 11 is 4.90. The number of hydrogen-bond donors (Lipinski definition) is 2. The first-order chi connectivity index (χ1) is 6.13. The third-order valence-corrected chi connectivity index (χ3v) is 1.98. The average Bonchev–Trinajstić information content (AvgIpc) is 2.11. The number of benzene rings is 1. The molecule has 1 aromatic rings. The Morgan fingerprint density at radius 1 is 1.46 bits per heavy atom. The van der Waals surface area contributed by atoms with Crippen LogP contribution in [0.2, 0.25) is 0 Å². The van der Waals surface area contributed by atoms with Crippen molar-refractivity contribution in [2.45, 2.75) is 6.92 Å². The molecule has 1 aromatic carbocycles. The number of aryl methyl sites for hydroxylation is 1. The Morgan fingerprint density at radius 2 is 2.15 bits per heavy atom. The molecule has 2 N–H and O–H groups in total. The number of anilines is 1. The largest absolute Gasteiger partial charge is 0.366 e. The van der Waals surface area contributed by atoms with E-state index in [4.69, 9.17) is 12.2 Å². The predicted octanol–water partition coefficient (Wildman–Crippen LogP) is 2.05. The molecular formula is C9H11FN2S. The standard InChI is InChI=1S/C9H11FN2S/c1-6-3-4-7(10)5-8(6)12-9(13)11-2/h3-5H,1-2H3,(H2,11,12,13). The van der Waals surface area contributed by atoms with E-state index in [9.17, 15) is 4.39 Å². The van der Waals surface area contributed by atoms with Gasteiger partial charge in [-0.3, -0.25) is 0 Å². The van der Waals surface area contributed by atoms with Crippen molar-refractivity contribution in [3.05, 3.63) is 29.6 Å². The average molecular weight is 198 g/mol. The molecule has 0 unspecified atom stereocenters. The van der Waals surface area contributed by atoms with Gasteiger partial charge in [0.05, 0.1) is 0 Å². The van der Waals surface area contributed by atoms with E-state index in [2.05, 4.69) is 10.6 Å². The number of halogens is 1. The molecule has 0 spiro atoms. The summed E-state index contributed by atoms with van der Waals surface area (Å²) in [5, 5.41) is 6.12. The molecule has 0 saturated carbocycles. The number of hydrogen-bond acceptors (Lipinski definition) is 1. The molecule has 0 atom stereocenters. The van der Waals surface area contributed by atoms with E-state index in [1.165, 1.54) is 12.1 Å². The van der Waals surface area contributed by atoms with Gasteiger partial charge in [-0.05, 0) is 36.8 Å². The molecule has 0 aliphatic rings. The molecule has 0 radical (unpaired) electrons. The van der Waals surface area contributed by atoms with Crippen LogP contribution in [0.15, 0.2) is 18.2 Å². The summed E-state index contributed by atoms with van der Waals surface area (Å²) in [6.45, 7) is 1.89. The van der Waals surface area contributed by atoms with Gasteiger partial charge in [0.25, 0.3) is 0 Å². The summed E-state index contributed by atoms with van der Waals surface area (Å²) in [6.07, 6.45) is 0. The maximum absolute atomic E-state index is 12.8. The van der Waals surface area contributed by atoms with Crippen molar-refractivity contribution >= 4 is 23.0 Å². The molecule has 0 aromatic heterocycles. The van der Waals surface area contributed by atoms with Crippen LogP contribution in [0.3, 0.4) is 0 Å². The Balaban J connectivity index is 2.87. The minimum atomic E-state index is -0.271. The molecule has 0 aliphatic carbocycles. The van der Waals surface area contributed by atoms with Crippen molar-refractivity contribution in [1.82, 2.24) is 5.32 Å². The molecule has 13 heavy (non-hydrogen) atoms. The molecule has 70 valence electrons. The predicted molar refractivity (Wildman–Crippen MR) is 56.4 cm³/mol. The lowest BCUT2D eigenvalue weighted by Crippen LogP contribution is -2.24. The van der Waals surface area contributed by atoms with Crippen molar-refractivity contribution in [3.8, 4) is 0 Å². The highest BCUT2D eigenvalue weighted by atomic mass is 32.1. The summed E-state index contributed by atoms with van der Waals surface area (Å²) in [6, 6.07) is 4.54. The second-order valence-electron chi connectivity index (χ2n) is 2.66. The van der Waals surface area contributed by atoms with Crippen LogP contribution in [-0.2, 0) is 0 Å². The summed E-state index contributed by atoms with van der Waals surface area (Å²) in [7, 11) is 1.71. The van der Waals surface area contributed by atoms with Gasteiger partial charge in [-0.1, -0.05) is 6.07 Å².